The standard InChI is InChI=1S/C20H18N2O3S/c23-18(21-12-10-17-7-3-13-26-17)14-25-19(24)9-8-16-5-1-4-15-6-2-11-22-20(15)16/h1-9,11,13H,10,12,14H2,(H,21,23)/b9-8+. The Balaban J connectivity index is 1.46. The number of pyridine rings is 1. The Morgan fingerprint density at radius 3 is 2.88 bits per heavy atom. The van der Waals surface area contributed by atoms with Crippen LogP contribution in [0.5, 0.6) is 0 Å². The summed E-state index contributed by atoms with van der Waals surface area (Å²) in [7, 11) is 0. The van der Waals surface area contributed by atoms with Crippen molar-refractivity contribution < 1.29 is 14.3 Å². The summed E-state index contributed by atoms with van der Waals surface area (Å²) in [5.74, 6) is -0.874. The van der Waals surface area contributed by atoms with Crippen molar-refractivity contribution in [2.75, 3.05) is 13.2 Å². The van der Waals surface area contributed by atoms with Gasteiger partial charge >= 0.3 is 5.97 Å². The van der Waals surface area contributed by atoms with Gasteiger partial charge in [0.25, 0.3) is 5.91 Å². The molecule has 26 heavy (non-hydrogen) atoms. The van der Waals surface area contributed by atoms with Crippen molar-refractivity contribution in [3.8, 4) is 0 Å². The highest BCUT2D eigenvalue weighted by Crippen LogP contribution is 2.17. The second kappa shape index (κ2) is 8.92. The normalized spacial score (nSPS) is 10.9. The first-order chi connectivity index (χ1) is 12.7. The minimum atomic E-state index is -0.564. The van der Waals surface area contributed by atoms with Gasteiger partial charge in [0.05, 0.1) is 5.52 Å². The molecule has 0 fully saturated rings. The number of para-hydroxylation sites is 1. The third-order valence-corrected chi connectivity index (χ3v) is 4.62. The zero-order valence-corrected chi connectivity index (χ0v) is 14.9. The number of hydrogen-bond donors (Lipinski definition) is 1. The van der Waals surface area contributed by atoms with Crippen LogP contribution in [-0.2, 0) is 20.7 Å². The number of fused-ring (bicyclic) bond motifs is 1. The number of amides is 1. The van der Waals surface area contributed by atoms with Crippen LogP contribution in [0.2, 0.25) is 0 Å². The van der Waals surface area contributed by atoms with E-state index in [0.717, 1.165) is 22.9 Å². The minimum Gasteiger partial charge on any atom is -0.452 e. The Morgan fingerprint density at radius 1 is 1.15 bits per heavy atom. The molecule has 1 N–H and O–H groups in total. The number of benzene rings is 1. The van der Waals surface area contributed by atoms with E-state index < -0.39 is 5.97 Å². The van der Waals surface area contributed by atoms with Gasteiger partial charge in [-0.25, -0.2) is 4.79 Å². The molecule has 3 aromatic rings. The molecule has 3 rings (SSSR count). The zero-order chi connectivity index (χ0) is 18.2. The molecule has 5 nitrogen and oxygen atoms in total. The zero-order valence-electron chi connectivity index (χ0n) is 14.1. The molecule has 0 spiro atoms. The fourth-order valence-corrected chi connectivity index (χ4v) is 3.14. The highest BCUT2D eigenvalue weighted by molar-refractivity contribution is 7.09. The number of rotatable bonds is 7. The second-order valence-electron chi connectivity index (χ2n) is 5.54. The van der Waals surface area contributed by atoms with Crippen LogP contribution >= 0.6 is 11.3 Å². The first kappa shape index (κ1) is 17.8. The van der Waals surface area contributed by atoms with Crippen molar-refractivity contribution in [3.05, 3.63) is 70.6 Å². The summed E-state index contributed by atoms with van der Waals surface area (Å²) in [6.45, 7) is 0.232. The van der Waals surface area contributed by atoms with Crippen LogP contribution in [0.1, 0.15) is 10.4 Å². The maximum absolute atomic E-state index is 11.8. The Bertz CT molecular complexity index is 914. The number of hydrogen-bond acceptors (Lipinski definition) is 5. The average Bonchev–Trinajstić information content (AvgIpc) is 3.18. The molecule has 0 atom stereocenters. The minimum absolute atomic E-state index is 0.290. The predicted molar refractivity (Wildman–Crippen MR) is 103 cm³/mol. The lowest BCUT2D eigenvalue weighted by Crippen LogP contribution is -2.30. The van der Waals surface area contributed by atoms with Gasteiger partial charge in [-0.3, -0.25) is 9.78 Å². The number of carbonyl (C=O) groups is 2. The van der Waals surface area contributed by atoms with Crippen molar-refractivity contribution in [1.29, 1.82) is 0 Å². The predicted octanol–water partition coefficient (Wildman–Crippen LogP) is 3.21. The van der Waals surface area contributed by atoms with E-state index in [-0.39, 0.29) is 12.5 Å². The third kappa shape index (κ3) is 5.00. The summed E-state index contributed by atoms with van der Waals surface area (Å²) in [4.78, 5) is 29.0. The number of carbonyl (C=O) groups excluding carboxylic acids is 2. The summed E-state index contributed by atoms with van der Waals surface area (Å²) >= 11 is 1.65. The van der Waals surface area contributed by atoms with Crippen LogP contribution in [0.15, 0.2) is 60.1 Å². The van der Waals surface area contributed by atoms with E-state index in [4.69, 9.17) is 4.74 Å². The fourth-order valence-electron chi connectivity index (χ4n) is 2.44. The van der Waals surface area contributed by atoms with Crippen LogP contribution in [0.3, 0.4) is 0 Å². The topological polar surface area (TPSA) is 68.3 Å². The molecule has 0 aliphatic rings. The molecule has 0 unspecified atom stereocenters. The van der Waals surface area contributed by atoms with Crippen molar-refractivity contribution in [3.63, 3.8) is 0 Å². The smallest absolute Gasteiger partial charge is 0.331 e. The number of ether oxygens (including phenoxy) is 1. The summed E-state index contributed by atoms with van der Waals surface area (Å²) < 4.78 is 4.97. The van der Waals surface area contributed by atoms with Gasteiger partial charge < -0.3 is 10.1 Å². The molecule has 6 heteroatoms. The molecular formula is C20H18N2O3S. The number of aromatic nitrogens is 1. The number of nitrogens with one attached hydrogen (secondary N) is 1. The van der Waals surface area contributed by atoms with E-state index in [9.17, 15) is 9.59 Å². The van der Waals surface area contributed by atoms with E-state index in [1.54, 1.807) is 23.6 Å². The molecule has 0 radical (unpaired) electrons. The van der Waals surface area contributed by atoms with Gasteiger partial charge in [0, 0.05) is 34.6 Å². The number of nitrogens with zero attached hydrogens (tertiary/aromatic N) is 1. The van der Waals surface area contributed by atoms with Gasteiger partial charge in [-0.05, 0) is 30.0 Å². The molecule has 1 aromatic carbocycles. The van der Waals surface area contributed by atoms with Crippen molar-refractivity contribution in [2.24, 2.45) is 0 Å². The Hall–Kier alpha value is -2.99. The van der Waals surface area contributed by atoms with E-state index in [1.807, 2.05) is 47.8 Å². The molecule has 0 saturated carbocycles. The molecule has 0 saturated heterocycles. The van der Waals surface area contributed by atoms with Gasteiger partial charge in [-0.1, -0.05) is 30.3 Å². The van der Waals surface area contributed by atoms with Crippen LogP contribution in [-0.4, -0.2) is 30.0 Å². The number of esters is 1. The lowest BCUT2D eigenvalue weighted by Gasteiger charge is -2.04. The van der Waals surface area contributed by atoms with Gasteiger partial charge in [-0.15, -0.1) is 11.3 Å². The Kier molecular flexibility index (Phi) is 6.11. The lowest BCUT2D eigenvalue weighted by molar-refractivity contribution is -0.143. The highest BCUT2D eigenvalue weighted by Gasteiger charge is 2.05. The van der Waals surface area contributed by atoms with Crippen molar-refractivity contribution in [2.45, 2.75) is 6.42 Å². The van der Waals surface area contributed by atoms with Crippen molar-refractivity contribution in [1.82, 2.24) is 10.3 Å². The first-order valence-corrected chi connectivity index (χ1v) is 9.08. The lowest BCUT2D eigenvalue weighted by atomic mass is 10.1. The van der Waals surface area contributed by atoms with Crippen LogP contribution in [0, 0.1) is 0 Å². The van der Waals surface area contributed by atoms with Crippen LogP contribution in [0.25, 0.3) is 17.0 Å². The van der Waals surface area contributed by atoms with Crippen molar-refractivity contribution >= 4 is 40.2 Å². The summed E-state index contributed by atoms with van der Waals surface area (Å²) in [6.07, 6.45) is 5.43. The summed E-state index contributed by atoms with van der Waals surface area (Å²) in [5.41, 5.74) is 1.63. The third-order valence-electron chi connectivity index (χ3n) is 3.68. The number of thiophene rings is 1. The van der Waals surface area contributed by atoms with Crippen LogP contribution in [0.4, 0.5) is 0 Å². The largest absolute Gasteiger partial charge is 0.452 e. The van der Waals surface area contributed by atoms with Gasteiger partial charge in [-0.2, -0.15) is 0 Å². The van der Waals surface area contributed by atoms with E-state index in [2.05, 4.69) is 10.3 Å². The molecule has 0 aliphatic heterocycles. The first-order valence-electron chi connectivity index (χ1n) is 8.20. The maximum Gasteiger partial charge on any atom is 0.331 e. The molecule has 2 aromatic heterocycles. The Morgan fingerprint density at radius 2 is 2.04 bits per heavy atom. The maximum atomic E-state index is 11.8. The summed E-state index contributed by atoms with van der Waals surface area (Å²) in [5, 5.41) is 5.72. The van der Waals surface area contributed by atoms with Gasteiger partial charge in [0.1, 0.15) is 0 Å². The fraction of sp³-hybridized carbons (Fsp3) is 0.150. The van der Waals surface area contributed by atoms with E-state index in [1.165, 1.54) is 11.0 Å². The van der Waals surface area contributed by atoms with E-state index in [0.29, 0.717) is 6.54 Å². The molecule has 0 aliphatic carbocycles. The van der Waals surface area contributed by atoms with Gasteiger partial charge in [0.2, 0.25) is 0 Å². The monoisotopic (exact) mass is 366 g/mol. The highest BCUT2D eigenvalue weighted by atomic mass is 32.1. The van der Waals surface area contributed by atoms with Crippen LogP contribution < -0.4 is 5.32 Å². The molecule has 1 amide bonds. The second-order valence-corrected chi connectivity index (χ2v) is 6.57. The molecule has 132 valence electrons. The molecule has 2 heterocycles. The summed E-state index contributed by atoms with van der Waals surface area (Å²) in [6, 6.07) is 13.5. The van der Waals surface area contributed by atoms with E-state index >= 15 is 0 Å². The molecule has 0 bridgehead atoms. The van der Waals surface area contributed by atoms with Gasteiger partial charge in [0.15, 0.2) is 6.61 Å². The Labute approximate surface area is 155 Å². The average molecular weight is 366 g/mol. The quantitative estimate of drug-likeness (QED) is 0.515. The molecular weight excluding hydrogens is 348 g/mol. The SMILES string of the molecule is O=C(COC(=O)/C=C/c1cccc2cccnc12)NCCc1cccs1.